The summed E-state index contributed by atoms with van der Waals surface area (Å²) in [6.07, 6.45) is 5.27. The number of anilines is 1. The van der Waals surface area contributed by atoms with Gasteiger partial charge in [-0.25, -0.2) is 0 Å². The number of benzene rings is 8. The molecule has 0 aromatic heterocycles. The minimum absolute atomic E-state index is 0.321. The van der Waals surface area contributed by atoms with E-state index in [0.717, 1.165) is 78.0 Å². The van der Waals surface area contributed by atoms with Gasteiger partial charge in [0.25, 0.3) is 0 Å². The molecule has 290 valence electrons. The Morgan fingerprint density at radius 2 is 0.780 bits per heavy atom. The number of hydrogen-bond donors (Lipinski definition) is 1. The van der Waals surface area contributed by atoms with E-state index in [0.29, 0.717) is 12.0 Å². The van der Waals surface area contributed by atoms with Crippen LogP contribution in [0.1, 0.15) is 57.9 Å². The number of hydrogen-bond acceptors (Lipinski definition) is 7. The summed E-state index contributed by atoms with van der Waals surface area (Å²) in [6, 6.07) is 54.2. The maximum absolute atomic E-state index is 4.77. The Morgan fingerprint density at radius 3 is 1.22 bits per heavy atom. The molecule has 0 heterocycles. The maximum atomic E-state index is 4.77. The highest BCUT2D eigenvalue weighted by atomic mass is 15.1. The van der Waals surface area contributed by atoms with Gasteiger partial charge < -0.3 is 5.32 Å². The molecule has 0 aliphatic heterocycles. The van der Waals surface area contributed by atoms with Crippen LogP contribution in [0.5, 0.6) is 0 Å². The Kier molecular flexibility index (Phi) is 10.8. The summed E-state index contributed by atoms with van der Waals surface area (Å²) in [5.74, 6) is 1.56. The second-order valence-corrected chi connectivity index (χ2v) is 16.0. The highest BCUT2D eigenvalue weighted by Gasteiger charge is 2.19. The van der Waals surface area contributed by atoms with Gasteiger partial charge in [0.05, 0.1) is 34.1 Å². The lowest BCUT2D eigenvalue weighted by atomic mass is 9.79. The van der Waals surface area contributed by atoms with E-state index in [4.69, 9.17) is 20.5 Å². The molecule has 7 heteroatoms. The molecule has 0 amide bonds. The molecular formula is C52H47N7. The quantitative estimate of drug-likeness (QED) is 0.138. The monoisotopic (exact) mass is 769 g/mol. The van der Waals surface area contributed by atoms with Crippen LogP contribution in [0, 0.1) is 5.92 Å². The molecule has 0 saturated heterocycles. The number of nitrogens with one attached hydrogen (secondary N) is 1. The van der Waals surface area contributed by atoms with E-state index in [1.54, 1.807) is 0 Å². The van der Waals surface area contributed by atoms with Crippen molar-refractivity contribution < 1.29 is 0 Å². The van der Waals surface area contributed by atoms with Crippen molar-refractivity contribution in [3.05, 3.63) is 163 Å². The van der Waals surface area contributed by atoms with E-state index >= 15 is 0 Å². The van der Waals surface area contributed by atoms with Crippen LogP contribution in [0.2, 0.25) is 0 Å². The van der Waals surface area contributed by atoms with Crippen molar-refractivity contribution in [1.29, 1.82) is 0 Å². The summed E-state index contributed by atoms with van der Waals surface area (Å²) in [5.41, 5.74) is 9.61. The van der Waals surface area contributed by atoms with Gasteiger partial charge >= 0.3 is 0 Å². The summed E-state index contributed by atoms with van der Waals surface area (Å²) in [5, 5.41) is 37.8. The number of nitrogens with zero attached hydrogens (tertiary/aromatic N) is 6. The van der Waals surface area contributed by atoms with Crippen LogP contribution in [0.15, 0.2) is 188 Å². The smallest absolute Gasteiger partial charge is 0.0936 e. The van der Waals surface area contributed by atoms with Crippen LogP contribution in [0.4, 0.5) is 39.8 Å². The van der Waals surface area contributed by atoms with Gasteiger partial charge in [-0.05, 0) is 104 Å². The number of fused-ring (bicyclic) bond motifs is 3. The van der Waals surface area contributed by atoms with Gasteiger partial charge in [-0.15, -0.1) is 25.6 Å². The van der Waals surface area contributed by atoms with Crippen LogP contribution in [0.3, 0.4) is 0 Å². The highest BCUT2D eigenvalue weighted by molar-refractivity contribution is 6.02. The first-order valence-electron chi connectivity index (χ1n) is 20.7. The minimum Gasteiger partial charge on any atom is -0.382 e. The van der Waals surface area contributed by atoms with Crippen molar-refractivity contribution in [2.75, 3.05) is 5.32 Å². The van der Waals surface area contributed by atoms with Crippen molar-refractivity contribution in [3.63, 3.8) is 0 Å². The van der Waals surface area contributed by atoms with E-state index in [1.807, 2.05) is 91.0 Å². The molecule has 0 radical (unpaired) electrons. The molecule has 0 unspecified atom stereocenters. The van der Waals surface area contributed by atoms with Crippen LogP contribution < -0.4 is 5.32 Å². The van der Waals surface area contributed by atoms with E-state index in [2.05, 4.69) is 103 Å². The van der Waals surface area contributed by atoms with Crippen molar-refractivity contribution >= 4 is 72.1 Å². The van der Waals surface area contributed by atoms with Crippen molar-refractivity contribution in [1.82, 2.24) is 0 Å². The van der Waals surface area contributed by atoms with Crippen LogP contribution in [-0.4, -0.2) is 6.04 Å². The molecule has 7 nitrogen and oxygen atoms in total. The van der Waals surface area contributed by atoms with Gasteiger partial charge in [-0.3, -0.25) is 0 Å². The average Bonchev–Trinajstić information content (AvgIpc) is 3.28. The summed E-state index contributed by atoms with van der Waals surface area (Å²) in [6.45, 7) is 6.66. The van der Waals surface area contributed by atoms with Gasteiger partial charge in [0.1, 0.15) is 0 Å². The molecule has 1 aliphatic rings. The minimum atomic E-state index is 0.321. The average molecular weight is 770 g/mol. The Hall–Kier alpha value is -6.86. The fraction of sp³-hybridized carbons (Fsp3) is 0.192. The van der Waals surface area contributed by atoms with Crippen molar-refractivity contribution in [2.45, 2.75) is 58.4 Å². The predicted octanol–water partition coefficient (Wildman–Crippen LogP) is 17.2. The fourth-order valence-electron chi connectivity index (χ4n) is 8.28. The van der Waals surface area contributed by atoms with Crippen LogP contribution in [-0.2, 0) is 0 Å². The maximum Gasteiger partial charge on any atom is 0.0936 e. The molecule has 8 aromatic rings. The lowest BCUT2D eigenvalue weighted by Crippen LogP contribution is -2.10. The van der Waals surface area contributed by atoms with E-state index < -0.39 is 0 Å². The fourth-order valence-corrected chi connectivity index (χ4v) is 8.28. The van der Waals surface area contributed by atoms with E-state index in [9.17, 15) is 0 Å². The lowest BCUT2D eigenvalue weighted by molar-refractivity contribution is 0.348. The Morgan fingerprint density at radius 1 is 0.407 bits per heavy atom. The van der Waals surface area contributed by atoms with Gasteiger partial charge in [-0.1, -0.05) is 129 Å². The zero-order valence-corrected chi connectivity index (χ0v) is 33.8. The third kappa shape index (κ3) is 8.28. The second-order valence-electron chi connectivity index (χ2n) is 16.0. The molecule has 1 saturated carbocycles. The molecule has 59 heavy (non-hydrogen) atoms. The summed E-state index contributed by atoms with van der Waals surface area (Å²) in [7, 11) is 0. The van der Waals surface area contributed by atoms with Gasteiger partial charge in [0.15, 0.2) is 0 Å². The van der Waals surface area contributed by atoms with E-state index in [-0.39, 0.29) is 0 Å². The molecule has 0 bridgehead atoms. The highest BCUT2D eigenvalue weighted by Crippen LogP contribution is 2.40. The van der Waals surface area contributed by atoms with Gasteiger partial charge in [-0.2, -0.15) is 5.11 Å². The standard InChI is InChI=1S/C52H47N7/c1-34(2)53-47-28-29-49(42-11-5-4-10-41(42)47)56-57-51-32-33-52(46-15-9-8-14-45(46)51)59-58-50-31-30-48(43-12-6-7-13-44(43)50)55-54-40-26-24-39(25-27-40)38-22-20-37(21-23-38)36-18-16-35(3)17-19-36/h4-15,20-36,53H,16-19H2,1-3H3. The summed E-state index contributed by atoms with van der Waals surface area (Å²) < 4.78 is 0. The molecule has 8 aromatic carbocycles. The second kappa shape index (κ2) is 16.9. The number of azo groups is 3. The largest absolute Gasteiger partial charge is 0.382 e. The zero-order chi connectivity index (χ0) is 40.1. The number of rotatable bonds is 10. The topological polar surface area (TPSA) is 86.2 Å². The molecule has 1 aliphatic carbocycles. The van der Waals surface area contributed by atoms with Crippen LogP contribution in [0.25, 0.3) is 43.4 Å². The van der Waals surface area contributed by atoms with E-state index in [1.165, 1.54) is 42.4 Å². The molecule has 0 atom stereocenters. The molecule has 0 spiro atoms. The Bertz CT molecular complexity index is 2850. The van der Waals surface area contributed by atoms with Crippen molar-refractivity contribution in [3.8, 4) is 11.1 Å². The normalized spacial score (nSPS) is 16.1. The predicted molar refractivity (Wildman–Crippen MR) is 245 cm³/mol. The molecular weight excluding hydrogens is 723 g/mol. The SMILES string of the molecule is CC1CCC(c2ccc(-c3ccc(N=Nc4ccc(N=Nc5ccc(N=Nc6ccc(NC(C)C)c7ccccc67)c6ccccc56)c5ccccc45)cc3)cc2)CC1. The third-order valence-corrected chi connectivity index (χ3v) is 11.5. The molecule has 1 N–H and O–H groups in total. The van der Waals surface area contributed by atoms with Crippen molar-refractivity contribution in [2.24, 2.45) is 36.6 Å². The first-order valence-corrected chi connectivity index (χ1v) is 20.7. The third-order valence-electron chi connectivity index (χ3n) is 11.5. The summed E-state index contributed by atoms with van der Waals surface area (Å²) >= 11 is 0. The van der Waals surface area contributed by atoms with Crippen LogP contribution >= 0.6 is 0 Å². The Labute approximate surface area is 345 Å². The molecule has 1 fully saturated rings. The first-order chi connectivity index (χ1) is 29.0. The summed E-state index contributed by atoms with van der Waals surface area (Å²) in [4.78, 5) is 0. The van der Waals surface area contributed by atoms with Gasteiger partial charge in [0, 0.05) is 44.0 Å². The molecule has 9 rings (SSSR count). The lowest BCUT2D eigenvalue weighted by Gasteiger charge is -2.26. The first kappa shape index (κ1) is 37.7. The zero-order valence-electron chi connectivity index (χ0n) is 33.8. The van der Waals surface area contributed by atoms with Gasteiger partial charge in [0.2, 0.25) is 0 Å². The Balaban J connectivity index is 0.930.